The average molecular weight is 267 g/mol. The van der Waals surface area contributed by atoms with Gasteiger partial charge in [0, 0.05) is 13.1 Å². The lowest BCUT2D eigenvalue weighted by Crippen LogP contribution is -2.57. The molecule has 1 N–H and O–H groups in total. The van der Waals surface area contributed by atoms with Crippen LogP contribution in [0.1, 0.15) is 47.5 Å². The number of nitrogens with one attached hydrogen (secondary N) is 1. The molecule has 0 radical (unpaired) electrons. The number of rotatable bonds is 5. The fourth-order valence-electron chi connectivity index (χ4n) is 3.00. The van der Waals surface area contributed by atoms with E-state index in [4.69, 9.17) is 10.00 Å². The molecule has 0 amide bonds. The van der Waals surface area contributed by atoms with Gasteiger partial charge in [-0.1, -0.05) is 0 Å². The van der Waals surface area contributed by atoms with Crippen molar-refractivity contribution in [3.8, 4) is 6.07 Å². The molecule has 4 heteroatoms. The first-order valence-electron chi connectivity index (χ1n) is 7.14. The van der Waals surface area contributed by atoms with Crippen molar-refractivity contribution in [1.29, 1.82) is 5.26 Å². The Kier molecular flexibility index (Phi) is 5.00. The Labute approximate surface area is 118 Å². The second-order valence-corrected chi connectivity index (χ2v) is 7.13. The van der Waals surface area contributed by atoms with E-state index in [-0.39, 0.29) is 11.2 Å². The first kappa shape index (κ1) is 16.4. The molecule has 1 aliphatic heterocycles. The number of nitrogens with zero attached hydrogens (tertiary/aromatic N) is 2. The Morgan fingerprint density at radius 2 is 1.79 bits per heavy atom. The maximum Gasteiger partial charge on any atom is 0.103 e. The summed E-state index contributed by atoms with van der Waals surface area (Å²) >= 11 is 0. The van der Waals surface area contributed by atoms with Crippen LogP contribution in [-0.4, -0.2) is 48.3 Å². The summed E-state index contributed by atoms with van der Waals surface area (Å²) in [7, 11) is 1.85. The Morgan fingerprint density at radius 3 is 2.21 bits per heavy atom. The second-order valence-electron chi connectivity index (χ2n) is 7.13. The molecule has 0 aromatic rings. The van der Waals surface area contributed by atoms with Crippen LogP contribution in [0.5, 0.6) is 0 Å². The lowest BCUT2D eigenvalue weighted by Gasteiger charge is -2.47. The molecule has 0 aromatic heterocycles. The van der Waals surface area contributed by atoms with Gasteiger partial charge in [-0.25, -0.2) is 0 Å². The van der Waals surface area contributed by atoms with Gasteiger partial charge in [-0.3, -0.25) is 4.90 Å². The summed E-state index contributed by atoms with van der Waals surface area (Å²) in [4.78, 5) is 2.46. The minimum absolute atomic E-state index is 0.0940. The predicted molar refractivity (Wildman–Crippen MR) is 78.0 cm³/mol. The third kappa shape index (κ3) is 5.10. The van der Waals surface area contributed by atoms with Crippen LogP contribution in [-0.2, 0) is 4.74 Å². The number of hydrogen-bond acceptors (Lipinski definition) is 4. The first-order chi connectivity index (χ1) is 8.61. The minimum Gasteiger partial charge on any atom is -0.367 e. The van der Waals surface area contributed by atoms with Crippen LogP contribution in [0.2, 0.25) is 0 Å². The zero-order valence-corrected chi connectivity index (χ0v) is 13.3. The molecule has 0 spiro atoms. The number of morpholine rings is 1. The van der Waals surface area contributed by atoms with Crippen molar-refractivity contribution < 1.29 is 4.74 Å². The molecule has 0 saturated carbocycles. The molecule has 19 heavy (non-hydrogen) atoms. The smallest absolute Gasteiger partial charge is 0.103 e. The molecule has 110 valence electrons. The summed E-state index contributed by atoms with van der Waals surface area (Å²) in [5, 5.41) is 12.2. The standard InChI is InChI=1S/C15H29N3O/c1-13(2)11-18(12-14(3,4)19-13)9-7-8-15(5,10-16)17-6/h17H,7-9,11-12H2,1-6H3. The topological polar surface area (TPSA) is 48.3 Å². The number of ether oxygens (including phenoxy) is 1. The van der Waals surface area contributed by atoms with Crippen molar-refractivity contribution in [3.05, 3.63) is 0 Å². The molecule has 1 unspecified atom stereocenters. The largest absolute Gasteiger partial charge is 0.367 e. The summed E-state index contributed by atoms with van der Waals surface area (Å²) < 4.78 is 6.07. The van der Waals surface area contributed by atoms with Gasteiger partial charge in [0.05, 0.1) is 17.3 Å². The zero-order valence-electron chi connectivity index (χ0n) is 13.3. The fraction of sp³-hybridized carbons (Fsp3) is 0.933. The van der Waals surface area contributed by atoms with Gasteiger partial charge in [0.15, 0.2) is 0 Å². The van der Waals surface area contributed by atoms with E-state index in [0.29, 0.717) is 0 Å². The maximum absolute atomic E-state index is 9.14. The Balaban J connectivity index is 2.48. The quantitative estimate of drug-likeness (QED) is 0.829. The van der Waals surface area contributed by atoms with Gasteiger partial charge < -0.3 is 10.1 Å². The summed E-state index contributed by atoms with van der Waals surface area (Å²) in [6, 6.07) is 2.34. The molecule has 0 bridgehead atoms. The van der Waals surface area contributed by atoms with Gasteiger partial charge in [-0.2, -0.15) is 5.26 Å². The monoisotopic (exact) mass is 267 g/mol. The molecule has 4 nitrogen and oxygen atoms in total. The van der Waals surface area contributed by atoms with E-state index < -0.39 is 5.54 Å². The zero-order chi connectivity index (χ0) is 14.7. The Hall–Kier alpha value is -0.630. The van der Waals surface area contributed by atoms with Crippen LogP contribution in [0, 0.1) is 11.3 Å². The van der Waals surface area contributed by atoms with E-state index in [1.54, 1.807) is 0 Å². The third-order valence-corrected chi connectivity index (χ3v) is 3.71. The van der Waals surface area contributed by atoms with E-state index in [1.165, 1.54) is 0 Å². The van der Waals surface area contributed by atoms with Gasteiger partial charge in [0.1, 0.15) is 5.54 Å². The lowest BCUT2D eigenvalue weighted by atomic mass is 9.96. The van der Waals surface area contributed by atoms with Crippen LogP contribution in [0.25, 0.3) is 0 Å². The summed E-state index contributed by atoms with van der Waals surface area (Å²) in [5.41, 5.74) is -0.593. The van der Waals surface area contributed by atoms with Gasteiger partial charge >= 0.3 is 0 Å². The maximum atomic E-state index is 9.14. The molecule has 1 rings (SSSR count). The van der Waals surface area contributed by atoms with E-state index in [1.807, 2.05) is 14.0 Å². The first-order valence-corrected chi connectivity index (χ1v) is 7.14. The van der Waals surface area contributed by atoms with E-state index >= 15 is 0 Å². The third-order valence-electron chi connectivity index (χ3n) is 3.71. The van der Waals surface area contributed by atoms with E-state index in [0.717, 1.165) is 32.5 Å². The van der Waals surface area contributed by atoms with Gasteiger partial charge in [-0.15, -0.1) is 0 Å². The Morgan fingerprint density at radius 1 is 1.26 bits per heavy atom. The highest BCUT2D eigenvalue weighted by Gasteiger charge is 2.37. The molecule has 1 atom stereocenters. The van der Waals surface area contributed by atoms with Crippen molar-refractivity contribution in [2.45, 2.75) is 64.2 Å². The van der Waals surface area contributed by atoms with Crippen molar-refractivity contribution in [2.75, 3.05) is 26.7 Å². The fourth-order valence-corrected chi connectivity index (χ4v) is 3.00. The normalized spacial score (nSPS) is 25.5. The van der Waals surface area contributed by atoms with Crippen molar-refractivity contribution in [3.63, 3.8) is 0 Å². The molecular weight excluding hydrogens is 238 g/mol. The number of nitriles is 1. The predicted octanol–water partition coefficient (Wildman–Crippen LogP) is 2.16. The molecule has 1 saturated heterocycles. The Bertz CT molecular complexity index is 330. The minimum atomic E-state index is -0.405. The van der Waals surface area contributed by atoms with Crippen molar-refractivity contribution >= 4 is 0 Å². The molecule has 0 aliphatic carbocycles. The van der Waals surface area contributed by atoms with Crippen molar-refractivity contribution in [2.24, 2.45) is 0 Å². The molecule has 1 aliphatic rings. The summed E-state index contributed by atoms with van der Waals surface area (Å²) in [5.74, 6) is 0. The summed E-state index contributed by atoms with van der Waals surface area (Å²) in [6.07, 6.45) is 1.90. The van der Waals surface area contributed by atoms with E-state index in [2.05, 4.69) is 44.0 Å². The number of hydrogen-bond donors (Lipinski definition) is 1. The highest BCUT2D eigenvalue weighted by Crippen LogP contribution is 2.28. The second kappa shape index (κ2) is 5.78. The van der Waals surface area contributed by atoms with Crippen LogP contribution in [0.3, 0.4) is 0 Å². The van der Waals surface area contributed by atoms with Crippen LogP contribution < -0.4 is 5.32 Å². The molecule has 0 aromatic carbocycles. The van der Waals surface area contributed by atoms with E-state index in [9.17, 15) is 0 Å². The highest BCUT2D eigenvalue weighted by molar-refractivity contribution is 5.02. The van der Waals surface area contributed by atoms with Crippen LogP contribution in [0.4, 0.5) is 0 Å². The molecule has 1 fully saturated rings. The highest BCUT2D eigenvalue weighted by atomic mass is 16.5. The van der Waals surface area contributed by atoms with Gasteiger partial charge in [0.2, 0.25) is 0 Å². The van der Waals surface area contributed by atoms with Gasteiger partial charge in [0.25, 0.3) is 0 Å². The summed E-state index contributed by atoms with van der Waals surface area (Å²) in [6.45, 7) is 13.5. The average Bonchev–Trinajstić information content (AvgIpc) is 2.24. The van der Waals surface area contributed by atoms with Crippen molar-refractivity contribution in [1.82, 2.24) is 10.2 Å². The van der Waals surface area contributed by atoms with Gasteiger partial charge in [-0.05, 0) is 61.1 Å². The van der Waals surface area contributed by atoms with Crippen LogP contribution >= 0.6 is 0 Å². The molecular formula is C15H29N3O. The molecule has 1 heterocycles. The SMILES string of the molecule is CNC(C)(C#N)CCCN1CC(C)(C)OC(C)(C)C1. The van der Waals surface area contributed by atoms with Crippen LogP contribution in [0.15, 0.2) is 0 Å². The lowest BCUT2D eigenvalue weighted by molar-refractivity contribution is -0.180.